The summed E-state index contributed by atoms with van der Waals surface area (Å²) >= 11 is 1.31. The van der Waals surface area contributed by atoms with Crippen molar-refractivity contribution in [2.24, 2.45) is 0 Å². The van der Waals surface area contributed by atoms with Crippen molar-refractivity contribution in [2.75, 3.05) is 11.9 Å². The summed E-state index contributed by atoms with van der Waals surface area (Å²) in [6.45, 7) is 7.05. The van der Waals surface area contributed by atoms with Gasteiger partial charge < -0.3 is 10.1 Å². The van der Waals surface area contributed by atoms with Crippen LogP contribution in [0.5, 0.6) is 5.75 Å². The predicted molar refractivity (Wildman–Crippen MR) is 88.4 cm³/mol. The van der Waals surface area contributed by atoms with Crippen molar-refractivity contribution in [1.29, 1.82) is 0 Å². The van der Waals surface area contributed by atoms with Crippen LogP contribution in [0, 0.1) is 0 Å². The topological polar surface area (TPSA) is 64.1 Å². The summed E-state index contributed by atoms with van der Waals surface area (Å²) in [5.74, 6) is 0.765. The monoisotopic (exact) mass is 319 g/mol. The third-order valence-corrected chi connectivity index (χ3v) is 3.75. The molecule has 0 radical (unpaired) electrons. The van der Waals surface area contributed by atoms with Crippen molar-refractivity contribution in [3.63, 3.8) is 0 Å². The summed E-state index contributed by atoms with van der Waals surface area (Å²) < 4.78 is 5.65. The molecule has 2 rings (SSSR count). The Bertz CT molecular complexity index is 589. The summed E-state index contributed by atoms with van der Waals surface area (Å²) in [4.78, 5) is 11.6. The molecule has 22 heavy (non-hydrogen) atoms. The highest BCUT2D eigenvalue weighted by Crippen LogP contribution is 2.24. The van der Waals surface area contributed by atoms with Gasteiger partial charge in [-0.3, -0.25) is 4.79 Å². The molecule has 1 amide bonds. The standard InChI is InChI=1S/C16H21N3O2S/c1-16(2,3)12-6-8-13(9-7-12)21-10-4-5-14(20)18-15-19-17-11-22-15/h6-9,11H,4-5,10H2,1-3H3,(H,18,19,20). The SMILES string of the molecule is CC(C)(C)c1ccc(OCCCC(=O)Nc2nncs2)cc1. The Balaban J connectivity index is 1.69. The van der Waals surface area contributed by atoms with Crippen molar-refractivity contribution in [1.82, 2.24) is 10.2 Å². The Morgan fingerprint density at radius 3 is 2.59 bits per heavy atom. The van der Waals surface area contributed by atoms with Crippen LogP contribution in [-0.2, 0) is 10.2 Å². The second-order valence-electron chi connectivity index (χ2n) is 6.02. The lowest BCUT2D eigenvalue weighted by atomic mass is 9.87. The zero-order valence-corrected chi connectivity index (χ0v) is 13.9. The van der Waals surface area contributed by atoms with E-state index in [1.165, 1.54) is 16.9 Å². The van der Waals surface area contributed by atoms with Crippen molar-refractivity contribution in [3.05, 3.63) is 35.3 Å². The number of carbonyl (C=O) groups is 1. The average Bonchev–Trinajstić information content (AvgIpc) is 2.96. The lowest BCUT2D eigenvalue weighted by Gasteiger charge is -2.19. The van der Waals surface area contributed by atoms with Gasteiger partial charge in [-0.25, -0.2) is 0 Å². The van der Waals surface area contributed by atoms with E-state index in [4.69, 9.17) is 4.74 Å². The third kappa shape index (κ3) is 5.11. The fourth-order valence-corrected chi connectivity index (χ4v) is 2.34. The molecular weight excluding hydrogens is 298 g/mol. The summed E-state index contributed by atoms with van der Waals surface area (Å²) in [6.07, 6.45) is 1.06. The predicted octanol–water partition coefficient (Wildman–Crippen LogP) is 3.63. The largest absolute Gasteiger partial charge is 0.494 e. The van der Waals surface area contributed by atoms with E-state index in [9.17, 15) is 4.79 Å². The molecule has 1 N–H and O–H groups in total. The number of nitrogens with zero attached hydrogens (tertiary/aromatic N) is 2. The van der Waals surface area contributed by atoms with E-state index in [1.54, 1.807) is 5.51 Å². The molecule has 0 bridgehead atoms. The number of rotatable bonds is 6. The Hall–Kier alpha value is -1.95. The zero-order chi connectivity index (χ0) is 16.0. The maximum absolute atomic E-state index is 11.6. The van der Waals surface area contributed by atoms with Crippen molar-refractivity contribution in [2.45, 2.75) is 39.0 Å². The highest BCUT2D eigenvalue weighted by atomic mass is 32.1. The van der Waals surface area contributed by atoms with E-state index in [0.717, 1.165) is 5.75 Å². The summed E-state index contributed by atoms with van der Waals surface area (Å²) in [7, 11) is 0. The van der Waals surface area contributed by atoms with Crippen molar-refractivity contribution in [3.8, 4) is 5.75 Å². The van der Waals surface area contributed by atoms with Gasteiger partial charge in [0.25, 0.3) is 0 Å². The Kier molecular flexibility index (Phi) is 5.49. The fourth-order valence-electron chi connectivity index (χ4n) is 1.88. The number of anilines is 1. The van der Waals surface area contributed by atoms with Crippen LogP contribution in [0.15, 0.2) is 29.8 Å². The molecule has 0 spiro atoms. The number of ether oxygens (including phenoxy) is 1. The number of amides is 1. The highest BCUT2D eigenvalue weighted by molar-refractivity contribution is 7.13. The van der Waals surface area contributed by atoms with Crippen LogP contribution in [0.25, 0.3) is 0 Å². The number of aromatic nitrogens is 2. The molecule has 6 heteroatoms. The number of carbonyl (C=O) groups excluding carboxylic acids is 1. The summed E-state index contributed by atoms with van der Waals surface area (Å²) in [6, 6.07) is 8.11. The van der Waals surface area contributed by atoms with E-state index in [0.29, 0.717) is 24.6 Å². The summed E-state index contributed by atoms with van der Waals surface area (Å²) in [5.41, 5.74) is 3.00. The van der Waals surface area contributed by atoms with Gasteiger partial charge in [0.2, 0.25) is 11.0 Å². The van der Waals surface area contributed by atoms with Crippen LogP contribution < -0.4 is 10.1 Å². The van der Waals surface area contributed by atoms with Crippen LogP contribution in [0.1, 0.15) is 39.2 Å². The van der Waals surface area contributed by atoms with E-state index in [2.05, 4.69) is 48.4 Å². The molecule has 0 saturated heterocycles. The van der Waals surface area contributed by atoms with Gasteiger partial charge in [0.05, 0.1) is 6.61 Å². The van der Waals surface area contributed by atoms with Crippen LogP contribution in [0.2, 0.25) is 0 Å². The van der Waals surface area contributed by atoms with E-state index >= 15 is 0 Å². The van der Waals surface area contributed by atoms with Crippen molar-refractivity contribution >= 4 is 22.4 Å². The molecule has 2 aromatic rings. The second kappa shape index (κ2) is 7.35. The van der Waals surface area contributed by atoms with Crippen LogP contribution in [-0.4, -0.2) is 22.7 Å². The summed E-state index contributed by atoms with van der Waals surface area (Å²) in [5, 5.41) is 10.7. The highest BCUT2D eigenvalue weighted by Gasteiger charge is 2.13. The van der Waals surface area contributed by atoms with E-state index in [-0.39, 0.29) is 11.3 Å². The molecule has 0 atom stereocenters. The molecule has 0 fully saturated rings. The number of benzene rings is 1. The van der Waals surface area contributed by atoms with Crippen LogP contribution in [0.4, 0.5) is 5.13 Å². The van der Waals surface area contributed by atoms with E-state index in [1.807, 2.05) is 12.1 Å². The number of nitrogens with one attached hydrogen (secondary N) is 1. The molecule has 5 nitrogen and oxygen atoms in total. The Labute approximate surface area is 134 Å². The van der Waals surface area contributed by atoms with Gasteiger partial charge >= 0.3 is 0 Å². The Morgan fingerprint density at radius 2 is 2.00 bits per heavy atom. The molecule has 0 aliphatic rings. The number of hydrogen-bond acceptors (Lipinski definition) is 5. The maximum Gasteiger partial charge on any atom is 0.226 e. The first-order valence-electron chi connectivity index (χ1n) is 7.24. The van der Waals surface area contributed by atoms with Crippen LogP contribution >= 0.6 is 11.3 Å². The average molecular weight is 319 g/mol. The molecule has 0 unspecified atom stereocenters. The first-order chi connectivity index (χ1) is 10.4. The molecule has 0 saturated carbocycles. The van der Waals surface area contributed by atoms with Gasteiger partial charge in [-0.05, 0) is 29.5 Å². The molecule has 1 aromatic heterocycles. The van der Waals surface area contributed by atoms with Crippen molar-refractivity contribution < 1.29 is 9.53 Å². The van der Waals surface area contributed by atoms with Gasteiger partial charge in [-0.15, -0.1) is 10.2 Å². The molecular formula is C16H21N3O2S. The minimum Gasteiger partial charge on any atom is -0.494 e. The quantitative estimate of drug-likeness (QED) is 0.826. The normalized spacial score (nSPS) is 11.2. The van der Waals surface area contributed by atoms with Gasteiger partial charge in [0, 0.05) is 6.42 Å². The molecule has 0 aliphatic carbocycles. The van der Waals surface area contributed by atoms with Gasteiger partial charge in [-0.1, -0.05) is 44.2 Å². The number of hydrogen-bond donors (Lipinski definition) is 1. The van der Waals surface area contributed by atoms with Gasteiger partial charge in [-0.2, -0.15) is 0 Å². The minimum atomic E-state index is -0.0663. The molecule has 118 valence electrons. The first-order valence-corrected chi connectivity index (χ1v) is 8.12. The van der Waals surface area contributed by atoms with Crippen LogP contribution in [0.3, 0.4) is 0 Å². The third-order valence-electron chi connectivity index (χ3n) is 3.14. The van der Waals surface area contributed by atoms with E-state index < -0.39 is 0 Å². The second-order valence-corrected chi connectivity index (χ2v) is 6.85. The molecule has 1 heterocycles. The molecule has 0 aliphatic heterocycles. The fraction of sp³-hybridized carbons (Fsp3) is 0.438. The smallest absolute Gasteiger partial charge is 0.226 e. The lowest BCUT2D eigenvalue weighted by Crippen LogP contribution is -2.13. The molecule has 1 aromatic carbocycles. The minimum absolute atomic E-state index is 0.0663. The van der Waals surface area contributed by atoms with Gasteiger partial charge in [0.15, 0.2) is 0 Å². The lowest BCUT2D eigenvalue weighted by molar-refractivity contribution is -0.116. The van der Waals surface area contributed by atoms with Gasteiger partial charge in [0.1, 0.15) is 11.3 Å². The Morgan fingerprint density at radius 1 is 1.27 bits per heavy atom. The maximum atomic E-state index is 11.6. The zero-order valence-electron chi connectivity index (χ0n) is 13.1. The first kappa shape index (κ1) is 16.4.